The van der Waals surface area contributed by atoms with Crippen LogP contribution in [0.1, 0.15) is 22.3 Å². The minimum absolute atomic E-state index is 0. The first-order chi connectivity index (χ1) is 28.8. The largest absolute Gasteiger partial charge is 2.00 e. The van der Waals surface area contributed by atoms with E-state index in [0.717, 1.165) is 66.5 Å². The molecule has 0 fully saturated rings. The zero-order chi connectivity index (χ0) is 41.7. The molecule has 0 spiro atoms. The number of rotatable bonds is 8. The molecule has 0 radical (unpaired) electrons. The Balaban J connectivity index is 0.000000226. The van der Waals surface area contributed by atoms with E-state index < -0.39 is 11.9 Å². The third kappa shape index (κ3) is 18.1. The van der Waals surface area contributed by atoms with Gasteiger partial charge < -0.3 is 9.98 Å². The van der Waals surface area contributed by atoms with Crippen LogP contribution in [0.25, 0.3) is 21.5 Å². The van der Waals surface area contributed by atoms with Crippen LogP contribution < -0.4 is 0 Å². The maximum Gasteiger partial charge on any atom is 2.00 e. The summed E-state index contributed by atoms with van der Waals surface area (Å²) in [5.74, 6) is 0. The Labute approximate surface area is 431 Å². The van der Waals surface area contributed by atoms with Crippen LogP contribution in [0.4, 0.5) is 22.7 Å². The smallest absolute Gasteiger partial charge is 0.304 e. The van der Waals surface area contributed by atoms with Crippen LogP contribution in [-0.2, 0) is 33.0 Å². The van der Waals surface area contributed by atoms with E-state index in [0.29, 0.717) is 0 Å². The molecule has 0 aliphatic rings. The van der Waals surface area contributed by atoms with Crippen molar-refractivity contribution >= 4 is 170 Å². The summed E-state index contributed by atoms with van der Waals surface area (Å²) in [5.41, 5.74) is 7.69. The molecule has 8 aromatic carbocycles. The van der Waals surface area contributed by atoms with Crippen LogP contribution in [-0.4, -0.2) is 88.0 Å². The maximum atomic E-state index is 5.01. The summed E-state index contributed by atoms with van der Waals surface area (Å²) in [6.07, 6.45) is 7.46. The number of aliphatic imine (C=N–C) groups is 4. The van der Waals surface area contributed by atoms with E-state index in [1.54, 1.807) is 0 Å². The predicted molar refractivity (Wildman–Crippen MR) is 255 cm³/mol. The number of hydrogen-bond acceptors (Lipinski definition) is 4. The first-order valence-corrected chi connectivity index (χ1v) is 45.8. The van der Waals surface area contributed by atoms with Gasteiger partial charge in [0.05, 0.1) is 22.7 Å². The van der Waals surface area contributed by atoms with Gasteiger partial charge in [-0.3, -0.25) is 9.98 Å². The van der Waals surface area contributed by atoms with Gasteiger partial charge in [0, 0.05) is 23.2 Å². The average Bonchev–Trinajstić information content (AvgIpc) is 3.28. The Morgan fingerprint density at radius 1 is 0.383 bits per heavy atom. The fourth-order valence-corrected chi connectivity index (χ4v) is 5.65. The molecule has 0 saturated heterocycles. The molecule has 296 valence electrons. The minimum Gasteiger partial charge on any atom is -0.304 e. The van der Waals surface area contributed by atoms with Gasteiger partial charge in [-0.1, -0.05) is 109 Å². The fourth-order valence-electron chi connectivity index (χ4n) is 5.65. The summed E-state index contributed by atoms with van der Waals surface area (Å²) >= 11 is -0.556. The van der Waals surface area contributed by atoms with E-state index in [2.05, 4.69) is 46.4 Å². The number of hydrogen-bond donors (Lipinski definition) is 0. The molecule has 0 aliphatic carbocycles. The summed E-state index contributed by atoms with van der Waals surface area (Å²) in [5, 5.41) is 4.35. The van der Waals surface area contributed by atoms with Gasteiger partial charge >= 0.3 is 134 Å². The molecule has 8 rings (SSSR count). The van der Waals surface area contributed by atoms with Crippen molar-refractivity contribution < 1.29 is 33.0 Å². The zero-order valence-electron chi connectivity index (χ0n) is 32.6. The molecule has 8 aromatic rings. The SMILES string of the molecule is C(=Nc1cccc2cccc(N=Cc3ccccc3)c12)c1ccccc1.[Cl][Pt]([Cl])([Cl])[Cl].[K][K].[Pt+2].[c-]1ccccc1C=Nc1cccc2cccc(N=Cc3[c-]cccc3)c12. The van der Waals surface area contributed by atoms with Crippen LogP contribution in [0, 0.1) is 12.1 Å². The Bertz CT molecular complexity index is 2280. The molecule has 0 saturated carbocycles. The summed E-state index contributed by atoms with van der Waals surface area (Å²) < 4.78 is 0. The molecule has 60 heavy (non-hydrogen) atoms. The van der Waals surface area contributed by atoms with E-state index in [1.165, 1.54) is 63.2 Å². The number of fused-ring (bicyclic) bond motifs is 2. The minimum atomic E-state index is -3.06. The monoisotopic (exact) mass is 1270 g/mol. The molecule has 0 amide bonds. The topological polar surface area (TPSA) is 49.4 Å². The quantitative estimate of drug-likeness (QED) is 0.0827. The molecule has 0 aliphatic heterocycles. The standard InChI is InChI=1S/C24H18N2.C24H16N2.4ClH.2K.2Pt/c2*1-3-9-19(10-4-1)17-25-22-15-7-13-21-14-8-16-23(24(21)22)26-18-20-11-5-2-6-12-20;;;;;;;;/h1-18H;1-9,11,13-18H;4*1H;;;;/q;-2;;;;;;;+2;+4/p-4. The van der Waals surface area contributed by atoms with Gasteiger partial charge in [-0.15, -0.1) is 71.8 Å². The van der Waals surface area contributed by atoms with Crippen molar-refractivity contribution in [2.45, 2.75) is 0 Å². The summed E-state index contributed by atoms with van der Waals surface area (Å²) in [6.45, 7) is 0. The van der Waals surface area contributed by atoms with E-state index in [9.17, 15) is 0 Å². The Kier molecular flexibility index (Phi) is 24.5. The second kappa shape index (κ2) is 28.5. The van der Waals surface area contributed by atoms with Crippen LogP contribution >= 0.6 is 37.7 Å². The normalized spacial score (nSPS) is 11.4. The summed E-state index contributed by atoms with van der Waals surface area (Å²) in [7, 11) is 20.0. The van der Waals surface area contributed by atoms with E-state index in [-0.39, 0.29) is 21.1 Å². The molecule has 4 nitrogen and oxygen atoms in total. The first-order valence-electron chi connectivity index (χ1n) is 18.5. The van der Waals surface area contributed by atoms with Crippen molar-refractivity contribution in [3.8, 4) is 0 Å². The first kappa shape index (κ1) is 51.4. The van der Waals surface area contributed by atoms with Crippen LogP contribution in [0.2, 0.25) is 0 Å². The number of benzene rings is 8. The van der Waals surface area contributed by atoms with Crippen molar-refractivity contribution in [1.29, 1.82) is 0 Å². The molecule has 12 heteroatoms. The van der Waals surface area contributed by atoms with Gasteiger partial charge in [-0.25, -0.2) is 0 Å². The summed E-state index contributed by atoms with van der Waals surface area (Å²) in [4.78, 5) is 18.8. The van der Waals surface area contributed by atoms with Gasteiger partial charge in [0.2, 0.25) is 0 Å². The molecule has 0 aromatic heterocycles. The molecular formula is C48H34Cl4K2N4Pt2. The molecular weight excluding hydrogens is 1240 g/mol. The van der Waals surface area contributed by atoms with Crippen molar-refractivity contribution in [3.63, 3.8) is 0 Å². The molecule has 0 heterocycles. The summed E-state index contributed by atoms with van der Waals surface area (Å²) in [6, 6.07) is 66.7. The van der Waals surface area contributed by atoms with Crippen molar-refractivity contribution in [3.05, 3.63) is 216 Å². The third-order valence-corrected chi connectivity index (χ3v) is 8.18. The molecule has 0 bridgehead atoms. The second-order valence-electron chi connectivity index (χ2n) is 12.1. The van der Waals surface area contributed by atoms with Crippen LogP contribution in [0.15, 0.2) is 202 Å². The molecule has 0 unspecified atom stereocenters. The van der Waals surface area contributed by atoms with Crippen LogP contribution in [0.3, 0.4) is 0 Å². The van der Waals surface area contributed by atoms with Crippen LogP contribution in [0.5, 0.6) is 0 Å². The van der Waals surface area contributed by atoms with Gasteiger partial charge in [-0.2, -0.15) is 0 Å². The van der Waals surface area contributed by atoms with E-state index in [4.69, 9.17) is 47.7 Å². The fraction of sp³-hybridized carbons (Fsp3) is 0. The predicted octanol–water partition coefficient (Wildman–Crippen LogP) is 14.3. The van der Waals surface area contributed by atoms with Gasteiger partial charge in [0.1, 0.15) is 0 Å². The molecule has 0 atom stereocenters. The Morgan fingerprint density at radius 2 is 0.683 bits per heavy atom. The van der Waals surface area contributed by atoms with Gasteiger partial charge in [0.15, 0.2) is 0 Å². The Hall–Kier alpha value is -1.23. The van der Waals surface area contributed by atoms with Gasteiger partial charge in [-0.05, 0) is 58.6 Å². The second-order valence-corrected chi connectivity index (χ2v) is 31.8. The van der Waals surface area contributed by atoms with E-state index >= 15 is 0 Å². The zero-order valence-corrected chi connectivity index (χ0v) is 46.4. The molecule has 0 N–H and O–H groups in total. The van der Waals surface area contributed by atoms with E-state index in [1.807, 2.05) is 183 Å². The maximum absolute atomic E-state index is 5.01. The third-order valence-electron chi connectivity index (χ3n) is 8.18. The van der Waals surface area contributed by atoms with Crippen molar-refractivity contribution in [2.24, 2.45) is 20.0 Å². The average molecular weight is 1280 g/mol. The van der Waals surface area contributed by atoms with Crippen molar-refractivity contribution in [1.82, 2.24) is 0 Å². The van der Waals surface area contributed by atoms with Gasteiger partial charge in [0.25, 0.3) is 0 Å². The Morgan fingerprint density at radius 3 is 0.983 bits per heavy atom. The number of halogens is 4. The number of nitrogens with zero attached hydrogens (tertiary/aromatic N) is 4. The van der Waals surface area contributed by atoms with Crippen molar-refractivity contribution in [2.75, 3.05) is 0 Å².